The fourth-order valence-electron chi connectivity index (χ4n) is 3.11. The van der Waals surface area contributed by atoms with Crippen molar-refractivity contribution in [1.29, 1.82) is 0 Å². The summed E-state index contributed by atoms with van der Waals surface area (Å²) in [6.45, 7) is -1.28. The van der Waals surface area contributed by atoms with Crippen LogP contribution in [0.1, 0.15) is 22.5 Å². The molecule has 1 amide bonds. The predicted octanol–water partition coefficient (Wildman–Crippen LogP) is 3.76. The molecule has 2 aromatic carbocycles. The van der Waals surface area contributed by atoms with Crippen molar-refractivity contribution in [2.24, 2.45) is 0 Å². The Morgan fingerprint density at radius 1 is 1.09 bits per heavy atom. The number of aromatic nitrogens is 2. The summed E-state index contributed by atoms with van der Waals surface area (Å²) in [7, 11) is -2.44. The Hall–Kier alpha value is -3.25. The van der Waals surface area contributed by atoms with Crippen LogP contribution >= 0.6 is 0 Å². The highest BCUT2D eigenvalue weighted by Crippen LogP contribution is 2.20. The van der Waals surface area contributed by atoms with Gasteiger partial charge in [-0.25, -0.2) is 17.1 Å². The molecule has 34 heavy (non-hydrogen) atoms. The maximum absolute atomic E-state index is 13.1. The van der Waals surface area contributed by atoms with Gasteiger partial charge in [-0.1, -0.05) is 0 Å². The number of rotatable bonds is 9. The number of alkyl halides is 3. The number of hydrogen-bond acceptors (Lipinski definition) is 4. The van der Waals surface area contributed by atoms with Gasteiger partial charge < -0.3 is 5.32 Å². The maximum atomic E-state index is 13.1. The number of nitrogens with one attached hydrogen (secondary N) is 2. The molecule has 0 bridgehead atoms. The molecule has 0 atom stereocenters. The topological polar surface area (TPSA) is 95.2 Å². The minimum Gasteiger partial charge on any atom is -0.343 e. The van der Waals surface area contributed by atoms with E-state index in [1.807, 2.05) is 6.07 Å². The molecule has 0 fully saturated rings. The first-order valence-corrected chi connectivity index (χ1v) is 11.6. The average Bonchev–Trinajstić information content (AvgIpc) is 3.26. The molecular weight excluding hydrogens is 476 g/mol. The summed E-state index contributed by atoms with van der Waals surface area (Å²) < 4.78 is 76.4. The number of sulfonamides is 1. The van der Waals surface area contributed by atoms with Crippen LogP contribution in [-0.2, 0) is 16.4 Å². The van der Waals surface area contributed by atoms with Crippen molar-refractivity contribution in [3.8, 4) is 11.3 Å². The van der Waals surface area contributed by atoms with Gasteiger partial charge in [-0.2, -0.15) is 18.3 Å². The van der Waals surface area contributed by atoms with E-state index in [-0.39, 0.29) is 22.8 Å². The second-order valence-corrected chi connectivity index (χ2v) is 9.58. The Bertz CT molecular complexity index is 1220. The lowest BCUT2D eigenvalue weighted by Crippen LogP contribution is -2.33. The zero-order valence-corrected chi connectivity index (χ0v) is 18.9. The standard InChI is InChI=1S/C22H22F4N4O3S/c1-30(12-2-3-18-13-20(29-28-18)15-4-8-17(23)9-5-15)34(32,33)19-10-6-16(7-11-19)21(31)27-14-22(24,25)26/h4-11,13H,2-3,12,14H2,1H3,(H,27,31)(H,28,29). The third-order valence-electron chi connectivity index (χ3n) is 4.96. The minimum atomic E-state index is -4.54. The number of H-pyrrole nitrogens is 1. The Morgan fingerprint density at radius 2 is 1.74 bits per heavy atom. The van der Waals surface area contributed by atoms with E-state index in [1.165, 1.54) is 31.3 Å². The smallest absolute Gasteiger partial charge is 0.343 e. The molecular formula is C22H22F4N4O3S. The van der Waals surface area contributed by atoms with Crippen LogP contribution in [0.5, 0.6) is 0 Å². The summed E-state index contributed by atoms with van der Waals surface area (Å²) in [6, 6.07) is 12.4. The normalized spacial score (nSPS) is 12.2. The lowest BCUT2D eigenvalue weighted by Gasteiger charge is -2.17. The largest absolute Gasteiger partial charge is 0.405 e. The summed E-state index contributed by atoms with van der Waals surface area (Å²) in [4.78, 5) is 11.7. The van der Waals surface area contributed by atoms with E-state index in [9.17, 15) is 30.8 Å². The first-order valence-electron chi connectivity index (χ1n) is 10.2. The highest BCUT2D eigenvalue weighted by atomic mass is 32.2. The van der Waals surface area contributed by atoms with Crippen LogP contribution in [0.15, 0.2) is 59.5 Å². The maximum Gasteiger partial charge on any atom is 0.405 e. The van der Waals surface area contributed by atoms with E-state index >= 15 is 0 Å². The molecule has 0 spiro atoms. The molecule has 12 heteroatoms. The SMILES string of the molecule is CN(CCCc1cc(-c2ccc(F)cc2)n[nH]1)S(=O)(=O)c1ccc(C(=O)NCC(F)(F)F)cc1. The first kappa shape index (κ1) is 25.4. The molecule has 0 aliphatic carbocycles. The number of aromatic amines is 1. The Balaban J connectivity index is 1.55. The Labute approximate surface area is 193 Å². The second-order valence-electron chi connectivity index (χ2n) is 7.54. The summed E-state index contributed by atoms with van der Waals surface area (Å²) in [5.74, 6) is -1.29. The molecule has 3 rings (SSSR count). The quantitative estimate of drug-likeness (QED) is 0.439. The fraction of sp³-hybridized carbons (Fsp3) is 0.273. The van der Waals surface area contributed by atoms with Gasteiger partial charge in [-0.15, -0.1) is 0 Å². The highest BCUT2D eigenvalue weighted by Gasteiger charge is 2.28. The van der Waals surface area contributed by atoms with Gasteiger partial charge in [0.2, 0.25) is 10.0 Å². The van der Waals surface area contributed by atoms with Gasteiger partial charge in [0.1, 0.15) is 12.4 Å². The van der Waals surface area contributed by atoms with Gasteiger partial charge in [0.25, 0.3) is 5.91 Å². The Morgan fingerprint density at radius 3 is 2.35 bits per heavy atom. The molecule has 0 unspecified atom stereocenters. The van der Waals surface area contributed by atoms with Crippen molar-refractivity contribution in [2.45, 2.75) is 23.9 Å². The lowest BCUT2D eigenvalue weighted by molar-refractivity contribution is -0.123. The number of amides is 1. The monoisotopic (exact) mass is 498 g/mol. The average molecular weight is 499 g/mol. The summed E-state index contributed by atoms with van der Waals surface area (Å²) in [5, 5.41) is 8.79. The van der Waals surface area contributed by atoms with Crippen LogP contribution in [0.4, 0.5) is 17.6 Å². The van der Waals surface area contributed by atoms with Crippen molar-refractivity contribution >= 4 is 15.9 Å². The van der Waals surface area contributed by atoms with Crippen LogP contribution in [0.3, 0.4) is 0 Å². The number of nitrogens with zero attached hydrogens (tertiary/aromatic N) is 2. The van der Waals surface area contributed by atoms with Gasteiger partial charge in [-0.05, 0) is 67.4 Å². The van der Waals surface area contributed by atoms with Gasteiger partial charge in [-0.3, -0.25) is 9.89 Å². The van der Waals surface area contributed by atoms with Crippen molar-refractivity contribution in [2.75, 3.05) is 20.1 Å². The summed E-state index contributed by atoms with van der Waals surface area (Å²) in [6.07, 6.45) is -3.54. The molecule has 0 aliphatic heterocycles. The lowest BCUT2D eigenvalue weighted by atomic mass is 10.1. The van der Waals surface area contributed by atoms with Crippen LogP contribution < -0.4 is 5.32 Å². The minimum absolute atomic E-state index is 0.0810. The number of aryl methyl sites for hydroxylation is 1. The molecule has 3 aromatic rings. The number of hydrogen-bond donors (Lipinski definition) is 2. The molecule has 7 nitrogen and oxygen atoms in total. The number of carbonyl (C=O) groups excluding carboxylic acids is 1. The van der Waals surface area contributed by atoms with E-state index in [2.05, 4.69) is 10.2 Å². The molecule has 0 saturated heterocycles. The van der Waals surface area contributed by atoms with E-state index < -0.39 is 28.7 Å². The van der Waals surface area contributed by atoms with Crippen molar-refractivity contribution in [3.05, 3.63) is 71.7 Å². The molecule has 0 radical (unpaired) electrons. The van der Waals surface area contributed by atoms with Gasteiger partial charge in [0.05, 0.1) is 10.6 Å². The number of benzene rings is 2. The van der Waals surface area contributed by atoms with Gasteiger partial charge in [0.15, 0.2) is 0 Å². The third kappa shape index (κ3) is 6.64. The van der Waals surface area contributed by atoms with Crippen molar-refractivity contribution in [1.82, 2.24) is 19.8 Å². The van der Waals surface area contributed by atoms with Gasteiger partial charge >= 0.3 is 6.18 Å². The van der Waals surface area contributed by atoms with Crippen LogP contribution in [0.2, 0.25) is 0 Å². The van der Waals surface area contributed by atoms with Crippen LogP contribution in [-0.4, -0.2) is 55.1 Å². The molecule has 182 valence electrons. The summed E-state index contributed by atoms with van der Waals surface area (Å²) in [5.41, 5.74) is 2.11. The Kier molecular flexibility index (Phi) is 7.72. The van der Waals surface area contributed by atoms with E-state index in [0.717, 1.165) is 27.7 Å². The van der Waals surface area contributed by atoms with E-state index in [1.54, 1.807) is 17.4 Å². The zero-order valence-electron chi connectivity index (χ0n) is 18.1. The van der Waals surface area contributed by atoms with E-state index in [4.69, 9.17) is 0 Å². The van der Waals surface area contributed by atoms with E-state index in [0.29, 0.717) is 18.5 Å². The molecule has 2 N–H and O–H groups in total. The zero-order chi connectivity index (χ0) is 24.9. The fourth-order valence-corrected chi connectivity index (χ4v) is 4.32. The van der Waals surface area contributed by atoms with Crippen LogP contribution in [0.25, 0.3) is 11.3 Å². The number of carbonyl (C=O) groups is 1. The third-order valence-corrected chi connectivity index (χ3v) is 6.84. The van der Waals surface area contributed by atoms with Crippen LogP contribution in [0, 0.1) is 5.82 Å². The van der Waals surface area contributed by atoms with Crippen molar-refractivity contribution in [3.63, 3.8) is 0 Å². The first-order chi connectivity index (χ1) is 16.0. The molecule has 0 aliphatic rings. The van der Waals surface area contributed by atoms with Crippen molar-refractivity contribution < 1.29 is 30.8 Å². The van der Waals surface area contributed by atoms with Gasteiger partial charge in [0, 0.05) is 30.4 Å². The predicted molar refractivity (Wildman–Crippen MR) is 117 cm³/mol. The second kappa shape index (κ2) is 10.3. The highest BCUT2D eigenvalue weighted by molar-refractivity contribution is 7.89. The molecule has 1 heterocycles. The number of halogens is 4. The molecule has 0 saturated carbocycles. The molecule has 1 aromatic heterocycles. The summed E-state index contributed by atoms with van der Waals surface area (Å²) >= 11 is 0.